The van der Waals surface area contributed by atoms with Crippen LogP contribution < -0.4 is 5.32 Å². The Morgan fingerprint density at radius 3 is 2.55 bits per heavy atom. The predicted molar refractivity (Wildman–Crippen MR) is 90.6 cm³/mol. The third-order valence-electron chi connectivity index (χ3n) is 3.31. The summed E-state index contributed by atoms with van der Waals surface area (Å²) in [5.41, 5.74) is 4.09. The van der Waals surface area contributed by atoms with Gasteiger partial charge in [0.1, 0.15) is 5.82 Å². The van der Waals surface area contributed by atoms with E-state index >= 15 is 0 Å². The molecule has 0 radical (unpaired) electrons. The number of hydrogen-bond donors (Lipinski definition) is 1. The van der Waals surface area contributed by atoms with E-state index in [-0.39, 0.29) is 0 Å². The van der Waals surface area contributed by atoms with Crippen molar-refractivity contribution in [3.63, 3.8) is 0 Å². The van der Waals surface area contributed by atoms with E-state index in [1.807, 2.05) is 37.3 Å². The van der Waals surface area contributed by atoms with Crippen LogP contribution in [0.1, 0.15) is 20.3 Å². The summed E-state index contributed by atoms with van der Waals surface area (Å²) in [7, 11) is 0. The lowest BCUT2D eigenvalue weighted by Gasteiger charge is -2.35. The predicted octanol–water partition coefficient (Wildman–Crippen LogP) is 4.50. The fourth-order valence-corrected chi connectivity index (χ4v) is 2.84. The molecule has 1 N–H and O–H groups in total. The summed E-state index contributed by atoms with van der Waals surface area (Å²) >= 11 is 5.53. The SMILES string of the molecule is C=C(C)C1=C(Nc2ccccc2)N(CC)C(=C)CC1=S. The Kier molecular flexibility index (Phi) is 4.40. The molecule has 0 unspecified atom stereocenters. The lowest BCUT2D eigenvalue weighted by atomic mass is 9.97. The van der Waals surface area contributed by atoms with Crippen molar-refractivity contribution >= 4 is 22.8 Å². The van der Waals surface area contributed by atoms with Gasteiger partial charge in [-0.15, -0.1) is 0 Å². The Balaban J connectivity index is 2.49. The molecule has 0 fully saturated rings. The summed E-state index contributed by atoms with van der Waals surface area (Å²) in [5.74, 6) is 0.993. The monoisotopic (exact) mass is 284 g/mol. The Labute approximate surface area is 126 Å². The summed E-state index contributed by atoms with van der Waals surface area (Å²) in [4.78, 5) is 3.08. The second-order valence-electron chi connectivity index (χ2n) is 4.91. The van der Waals surface area contributed by atoms with Gasteiger partial charge >= 0.3 is 0 Å². The van der Waals surface area contributed by atoms with Crippen molar-refractivity contribution in [1.29, 1.82) is 0 Å². The zero-order valence-corrected chi connectivity index (χ0v) is 12.9. The fourth-order valence-electron chi connectivity index (χ4n) is 2.40. The van der Waals surface area contributed by atoms with Crippen molar-refractivity contribution < 1.29 is 0 Å². The second kappa shape index (κ2) is 6.06. The molecule has 0 aromatic heterocycles. The minimum Gasteiger partial charge on any atom is -0.341 e. The number of benzene rings is 1. The number of nitrogens with zero attached hydrogens (tertiary/aromatic N) is 1. The van der Waals surface area contributed by atoms with Crippen LogP contribution in [0.5, 0.6) is 0 Å². The van der Waals surface area contributed by atoms with Gasteiger partial charge in [-0.25, -0.2) is 0 Å². The van der Waals surface area contributed by atoms with Crippen molar-refractivity contribution in [3.8, 4) is 0 Å². The quantitative estimate of drug-likeness (QED) is 0.820. The van der Waals surface area contributed by atoms with Gasteiger partial charge in [0.2, 0.25) is 0 Å². The van der Waals surface area contributed by atoms with Gasteiger partial charge in [0.25, 0.3) is 0 Å². The highest BCUT2D eigenvalue weighted by atomic mass is 32.1. The maximum absolute atomic E-state index is 5.53. The standard InChI is InChI=1S/C17H20N2S/c1-5-19-13(4)11-15(20)16(12(2)3)17(19)18-14-9-7-6-8-10-14/h6-10,18H,2,4-5,11H2,1,3H3. The van der Waals surface area contributed by atoms with Crippen LogP contribution in [0.25, 0.3) is 0 Å². The van der Waals surface area contributed by atoms with E-state index in [0.29, 0.717) is 0 Å². The largest absolute Gasteiger partial charge is 0.341 e. The molecule has 2 rings (SSSR count). The van der Waals surface area contributed by atoms with Crippen LogP contribution in [-0.4, -0.2) is 16.3 Å². The van der Waals surface area contributed by atoms with Crippen LogP contribution in [-0.2, 0) is 0 Å². The average molecular weight is 284 g/mol. The summed E-state index contributed by atoms with van der Waals surface area (Å²) < 4.78 is 0. The molecule has 0 atom stereocenters. The molecule has 0 saturated heterocycles. The van der Waals surface area contributed by atoms with Crippen molar-refractivity contribution in [3.05, 3.63) is 66.2 Å². The average Bonchev–Trinajstić information content (AvgIpc) is 2.39. The number of allylic oxidation sites excluding steroid dienone is 3. The molecule has 20 heavy (non-hydrogen) atoms. The van der Waals surface area contributed by atoms with E-state index in [1.54, 1.807) is 0 Å². The van der Waals surface area contributed by atoms with E-state index < -0.39 is 0 Å². The highest BCUT2D eigenvalue weighted by Crippen LogP contribution is 2.31. The highest BCUT2D eigenvalue weighted by Gasteiger charge is 2.26. The minimum atomic E-state index is 0.728. The number of rotatable bonds is 4. The summed E-state index contributed by atoms with van der Waals surface area (Å²) in [6, 6.07) is 10.1. The van der Waals surface area contributed by atoms with Crippen molar-refractivity contribution in [2.45, 2.75) is 20.3 Å². The number of nitrogens with one attached hydrogen (secondary N) is 1. The maximum atomic E-state index is 5.53. The van der Waals surface area contributed by atoms with E-state index in [4.69, 9.17) is 12.2 Å². The number of anilines is 1. The molecule has 1 aromatic rings. The third-order valence-corrected chi connectivity index (χ3v) is 3.66. The molecular formula is C17H20N2S. The van der Waals surface area contributed by atoms with Crippen LogP contribution in [0.2, 0.25) is 0 Å². The van der Waals surface area contributed by atoms with E-state index in [1.165, 1.54) is 0 Å². The molecule has 2 nitrogen and oxygen atoms in total. The number of para-hydroxylation sites is 1. The van der Waals surface area contributed by atoms with E-state index in [9.17, 15) is 0 Å². The van der Waals surface area contributed by atoms with Gasteiger partial charge in [-0.2, -0.15) is 0 Å². The zero-order chi connectivity index (χ0) is 14.7. The van der Waals surface area contributed by atoms with Crippen molar-refractivity contribution in [2.24, 2.45) is 0 Å². The Morgan fingerprint density at radius 1 is 1.35 bits per heavy atom. The molecule has 1 aliphatic heterocycles. The van der Waals surface area contributed by atoms with Crippen LogP contribution >= 0.6 is 12.2 Å². The van der Waals surface area contributed by atoms with Gasteiger partial charge in [-0.05, 0) is 31.6 Å². The van der Waals surface area contributed by atoms with Crippen molar-refractivity contribution in [1.82, 2.24) is 4.90 Å². The first-order valence-electron chi connectivity index (χ1n) is 6.75. The maximum Gasteiger partial charge on any atom is 0.119 e. The Morgan fingerprint density at radius 2 is 2.00 bits per heavy atom. The molecule has 3 heteroatoms. The van der Waals surface area contributed by atoms with Crippen LogP contribution in [0.4, 0.5) is 5.69 Å². The molecular weight excluding hydrogens is 264 g/mol. The van der Waals surface area contributed by atoms with Gasteiger partial charge < -0.3 is 10.2 Å². The summed E-state index contributed by atoms with van der Waals surface area (Å²) in [6.07, 6.45) is 0.728. The lowest BCUT2D eigenvalue weighted by molar-refractivity contribution is 0.442. The molecule has 1 aromatic carbocycles. The first-order chi connectivity index (χ1) is 9.54. The topological polar surface area (TPSA) is 15.3 Å². The summed E-state index contributed by atoms with van der Waals surface area (Å²) in [5, 5.41) is 3.47. The molecule has 0 amide bonds. The van der Waals surface area contributed by atoms with Gasteiger partial charge in [-0.1, -0.05) is 43.6 Å². The molecule has 104 valence electrons. The van der Waals surface area contributed by atoms with Crippen LogP contribution in [0.15, 0.2) is 66.2 Å². The van der Waals surface area contributed by atoms with Gasteiger partial charge in [0, 0.05) is 34.8 Å². The normalized spacial score (nSPS) is 15.6. The van der Waals surface area contributed by atoms with Gasteiger partial charge in [0.15, 0.2) is 0 Å². The molecule has 1 aliphatic rings. The molecule has 0 aliphatic carbocycles. The smallest absolute Gasteiger partial charge is 0.119 e. The van der Waals surface area contributed by atoms with Crippen LogP contribution in [0, 0.1) is 0 Å². The number of hydrogen-bond acceptors (Lipinski definition) is 3. The Hall–Kier alpha value is -1.87. The minimum absolute atomic E-state index is 0.728. The third kappa shape index (κ3) is 2.83. The lowest BCUT2D eigenvalue weighted by Crippen LogP contribution is -2.34. The number of thiocarbonyl (C=S) groups is 1. The first kappa shape index (κ1) is 14.5. The molecule has 0 spiro atoms. The molecule has 0 saturated carbocycles. The fraction of sp³-hybridized carbons (Fsp3) is 0.235. The van der Waals surface area contributed by atoms with E-state index in [0.717, 1.165) is 46.2 Å². The van der Waals surface area contributed by atoms with E-state index in [2.05, 4.69) is 30.3 Å². The molecule has 0 bridgehead atoms. The Bertz CT molecular complexity index is 584. The van der Waals surface area contributed by atoms with Gasteiger partial charge in [-0.3, -0.25) is 0 Å². The highest BCUT2D eigenvalue weighted by molar-refractivity contribution is 7.80. The van der Waals surface area contributed by atoms with Gasteiger partial charge in [0.05, 0.1) is 0 Å². The second-order valence-corrected chi connectivity index (χ2v) is 5.40. The zero-order valence-electron chi connectivity index (χ0n) is 12.1. The summed E-state index contributed by atoms with van der Waals surface area (Å²) in [6.45, 7) is 13.2. The van der Waals surface area contributed by atoms with Crippen molar-refractivity contribution in [2.75, 3.05) is 11.9 Å². The molecule has 1 heterocycles. The van der Waals surface area contributed by atoms with Crippen LogP contribution in [0.3, 0.4) is 0 Å². The first-order valence-corrected chi connectivity index (χ1v) is 7.16.